The Hall–Kier alpha value is -1.93. The maximum atomic E-state index is 8.69. The zero-order chi connectivity index (χ0) is 11.2. The summed E-state index contributed by atoms with van der Waals surface area (Å²) < 4.78 is 0. The molecule has 0 bridgehead atoms. The molecule has 0 fully saturated rings. The molecule has 80 valence electrons. The second-order valence-electron chi connectivity index (χ2n) is 3.14. The highest BCUT2D eigenvalue weighted by molar-refractivity contribution is 7.09. The molecule has 0 atom stereocenters. The van der Waals surface area contributed by atoms with Crippen molar-refractivity contribution in [1.82, 2.24) is 9.97 Å². The van der Waals surface area contributed by atoms with Crippen LogP contribution in [0.1, 0.15) is 10.7 Å². The molecule has 0 aliphatic heterocycles. The lowest BCUT2D eigenvalue weighted by Gasteiger charge is -2.04. The molecule has 0 saturated carbocycles. The number of nitriles is 1. The van der Waals surface area contributed by atoms with Crippen molar-refractivity contribution in [3.8, 4) is 6.07 Å². The van der Waals surface area contributed by atoms with E-state index in [1.165, 1.54) is 0 Å². The van der Waals surface area contributed by atoms with Crippen LogP contribution in [0, 0.1) is 11.3 Å². The molecule has 0 amide bonds. The molecule has 0 unspecified atom stereocenters. The third-order valence-electron chi connectivity index (χ3n) is 2.03. The first kappa shape index (κ1) is 10.6. The molecule has 16 heavy (non-hydrogen) atoms. The number of rotatable bonds is 4. The highest BCUT2D eigenvalue weighted by Gasteiger charge is 1.97. The summed E-state index contributed by atoms with van der Waals surface area (Å²) in [6, 6.07) is 5.60. The van der Waals surface area contributed by atoms with Crippen LogP contribution in [0.3, 0.4) is 0 Å². The van der Waals surface area contributed by atoms with Crippen LogP contribution in [-0.2, 0) is 6.42 Å². The number of hydrogen-bond acceptors (Lipinski definition) is 5. The molecule has 0 aliphatic carbocycles. The summed E-state index contributed by atoms with van der Waals surface area (Å²) in [5, 5.41) is 15.0. The summed E-state index contributed by atoms with van der Waals surface area (Å²) in [6.45, 7) is 0.808. The first-order chi connectivity index (χ1) is 7.88. The molecule has 0 spiro atoms. The summed E-state index contributed by atoms with van der Waals surface area (Å²) in [6.07, 6.45) is 4.33. The standard InChI is InChI=1S/C11H10N4S/c12-8-10-7-9(1-3-14-10)13-4-2-11-15-5-6-16-11/h1,3,5-7H,2,4H2,(H,13,14). The van der Waals surface area contributed by atoms with Gasteiger partial charge in [-0.3, -0.25) is 0 Å². The van der Waals surface area contributed by atoms with E-state index in [0.29, 0.717) is 5.69 Å². The summed E-state index contributed by atoms with van der Waals surface area (Å²) in [7, 11) is 0. The first-order valence-corrected chi connectivity index (χ1v) is 5.75. The van der Waals surface area contributed by atoms with Crippen molar-refractivity contribution in [2.75, 3.05) is 11.9 Å². The quantitative estimate of drug-likeness (QED) is 0.873. The van der Waals surface area contributed by atoms with Crippen molar-refractivity contribution in [3.63, 3.8) is 0 Å². The minimum Gasteiger partial charge on any atom is -0.384 e. The summed E-state index contributed by atoms with van der Waals surface area (Å²) in [5.41, 5.74) is 1.35. The maximum absolute atomic E-state index is 8.69. The fourth-order valence-electron chi connectivity index (χ4n) is 1.29. The topological polar surface area (TPSA) is 61.6 Å². The molecule has 2 heterocycles. The van der Waals surface area contributed by atoms with Gasteiger partial charge in [0.15, 0.2) is 0 Å². The van der Waals surface area contributed by atoms with Crippen molar-refractivity contribution in [3.05, 3.63) is 40.6 Å². The number of anilines is 1. The van der Waals surface area contributed by atoms with Crippen LogP contribution < -0.4 is 5.32 Å². The molecule has 2 aromatic heterocycles. The number of aromatic nitrogens is 2. The van der Waals surface area contributed by atoms with Crippen molar-refractivity contribution in [1.29, 1.82) is 5.26 Å². The van der Waals surface area contributed by atoms with E-state index < -0.39 is 0 Å². The molecule has 1 N–H and O–H groups in total. The third kappa shape index (κ3) is 2.78. The van der Waals surface area contributed by atoms with Gasteiger partial charge in [0.1, 0.15) is 11.8 Å². The highest BCUT2D eigenvalue weighted by atomic mass is 32.1. The van der Waals surface area contributed by atoms with Gasteiger partial charge >= 0.3 is 0 Å². The first-order valence-electron chi connectivity index (χ1n) is 4.87. The van der Waals surface area contributed by atoms with Crippen LogP contribution in [0.15, 0.2) is 29.9 Å². The van der Waals surface area contributed by atoms with Crippen LogP contribution in [0.2, 0.25) is 0 Å². The predicted octanol–water partition coefficient (Wildman–Crippen LogP) is 2.06. The molecular formula is C11H10N4S. The van der Waals surface area contributed by atoms with Gasteiger partial charge < -0.3 is 5.32 Å². The van der Waals surface area contributed by atoms with Gasteiger partial charge in [0.25, 0.3) is 0 Å². The summed E-state index contributed by atoms with van der Waals surface area (Å²) in [4.78, 5) is 8.10. The maximum Gasteiger partial charge on any atom is 0.142 e. The Morgan fingerprint density at radius 1 is 1.38 bits per heavy atom. The van der Waals surface area contributed by atoms with Gasteiger partial charge in [0.05, 0.1) is 5.01 Å². The van der Waals surface area contributed by atoms with E-state index in [4.69, 9.17) is 5.26 Å². The monoisotopic (exact) mass is 230 g/mol. The van der Waals surface area contributed by atoms with Crippen LogP contribution >= 0.6 is 11.3 Å². The Kier molecular flexibility index (Phi) is 3.46. The second-order valence-corrected chi connectivity index (χ2v) is 4.12. The lowest BCUT2D eigenvalue weighted by Crippen LogP contribution is -2.04. The van der Waals surface area contributed by atoms with Crippen molar-refractivity contribution < 1.29 is 0 Å². The Balaban J connectivity index is 1.88. The fourth-order valence-corrected chi connectivity index (χ4v) is 1.91. The Morgan fingerprint density at radius 2 is 2.31 bits per heavy atom. The minimum absolute atomic E-state index is 0.430. The van der Waals surface area contributed by atoms with Crippen molar-refractivity contribution in [2.45, 2.75) is 6.42 Å². The smallest absolute Gasteiger partial charge is 0.142 e. The van der Waals surface area contributed by atoms with E-state index in [2.05, 4.69) is 15.3 Å². The van der Waals surface area contributed by atoms with Gasteiger partial charge in [-0.1, -0.05) is 0 Å². The van der Waals surface area contributed by atoms with E-state index >= 15 is 0 Å². The number of hydrogen-bond donors (Lipinski definition) is 1. The summed E-state index contributed by atoms with van der Waals surface area (Å²) >= 11 is 1.65. The fraction of sp³-hybridized carbons (Fsp3) is 0.182. The van der Waals surface area contributed by atoms with Gasteiger partial charge in [-0.2, -0.15) is 5.26 Å². The molecule has 4 nitrogen and oxygen atoms in total. The predicted molar refractivity (Wildman–Crippen MR) is 63.3 cm³/mol. The SMILES string of the molecule is N#Cc1cc(NCCc2nccs2)ccn1. The van der Waals surface area contributed by atoms with Gasteiger partial charge in [0, 0.05) is 36.4 Å². The zero-order valence-corrected chi connectivity index (χ0v) is 9.37. The zero-order valence-electron chi connectivity index (χ0n) is 8.55. The second kappa shape index (κ2) is 5.24. The Bertz CT molecular complexity index is 487. The average molecular weight is 230 g/mol. The highest BCUT2D eigenvalue weighted by Crippen LogP contribution is 2.08. The van der Waals surface area contributed by atoms with Gasteiger partial charge in [-0.25, -0.2) is 9.97 Å². The van der Waals surface area contributed by atoms with Gasteiger partial charge in [0.2, 0.25) is 0 Å². The average Bonchev–Trinajstić information content (AvgIpc) is 2.82. The number of nitrogens with one attached hydrogen (secondary N) is 1. The lowest BCUT2D eigenvalue weighted by molar-refractivity contribution is 0.996. The van der Waals surface area contributed by atoms with Gasteiger partial charge in [-0.15, -0.1) is 11.3 Å². The minimum atomic E-state index is 0.430. The van der Waals surface area contributed by atoms with Crippen molar-refractivity contribution >= 4 is 17.0 Å². The van der Waals surface area contributed by atoms with Crippen LogP contribution in [-0.4, -0.2) is 16.5 Å². The molecule has 0 aliphatic rings. The number of nitrogens with zero attached hydrogens (tertiary/aromatic N) is 3. The van der Waals surface area contributed by atoms with Crippen molar-refractivity contribution in [2.24, 2.45) is 0 Å². The molecule has 2 rings (SSSR count). The number of pyridine rings is 1. The van der Waals surface area contributed by atoms with Crippen LogP contribution in [0.4, 0.5) is 5.69 Å². The Morgan fingerprint density at radius 3 is 3.06 bits per heavy atom. The van der Waals surface area contributed by atoms with Crippen LogP contribution in [0.5, 0.6) is 0 Å². The van der Waals surface area contributed by atoms with E-state index in [1.54, 1.807) is 29.8 Å². The van der Waals surface area contributed by atoms with E-state index in [-0.39, 0.29) is 0 Å². The molecule has 0 aromatic carbocycles. The van der Waals surface area contributed by atoms with E-state index in [1.807, 2.05) is 17.5 Å². The van der Waals surface area contributed by atoms with E-state index in [0.717, 1.165) is 23.7 Å². The molecular weight excluding hydrogens is 220 g/mol. The largest absolute Gasteiger partial charge is 0.384 e. The number of thiazole rings is 1. The molecule has 5 heteroatoms. The Labute approximate surface area is 97.6 Å². The molecule has 2 aromatic rings. The summed E-state index contributed by atoms with van der Waals surface area (Å²) in [5.74, 6) is 0. The lowest BCUT2D eigenvalue weighted by atomic mass is 10.3. The third-order valence-corrected chi connectivity index (χ3v) is 2.87. The molecule has 0 radical (unpaired) electrons. The van der Waals surface area contributed by atoms with E-state index in [9.17, 15) is 0 Å². The van der Waals surface area contributed by atoms with Gasteiger partial charge in [-0.05, 0) is 12.1 Å². The molecule has 0 saturated heterocycles. The normalized spacial score (nSPS) is 9.69. The van der Waals surface area contributed by atoms with Crippen LogP contribution in [0.25, 0.3) is 0 Å².